The molecule has 2 rings (SSSR count). The molecule has 2 aliphatic rings. The van der Waals surface area contributed by atoms with Crippen LogP contribution in [-0.2, 0) is 0 Å². The van der Waals surface area contributed by atoms with Crippen LogP contribution in [0.25, 0.3) is 0 Å². The van der Waals surface area contributed by atoms with E-state index in [1.807, 2.05) is 0 Å². The smallest absolute Gasteiger partial charge is 0.00684 e. The highest BCUT2D eigenvalue weighted by Gasteiger charge is 2.37. The Morgan fingerprint density at radius 1 is 0.944 bits per heavy atom. The van der Waals surface area contributed by atoms with Crippen LogP contribution in [0.5, 0.6) is 0 Å². The van der Waals surface area contributed by atoms with Gasteiger partial charge in [-0.3, -0.25) is 0 Å². The molecule has 0 saturated heterocycles. The highest BCUT2D eigenvalue weighted by Crippen LogP contribution is 2.45. The molecule has 18 heavy (non-hydrogen) atoms. The lowest BCUT2D eigenvalue weighted by Crippen LogP contribution is -2.40. The van der Waals surface area contributed by atoms with E-state index >= 15 is 0 Å². The van der Waals surface area contributed by atoms with Crippen molar-refractivity contribution < 1.29 is 0 Å². The Labute approximate surface area is 114 Å². The Kier molecular flexibility index (Phi) is 6.01. The van der Waals surface area contributed by atoms with Gasteiger partial charge in [0, 0.05) is 12.6 Å². The van der Waals surface area contributed by atoms with Crippen LogP contribution in [0, 0.1) is 5.41 Å². The van der Waals surface area contributed by atoms with Crippen molar-refractivity contribution in [1.29, 1.82) is 0 Å². The minimum absolute atomic E-state index is 0.728. The maximum absolute atomic E-state index is 3.77. The summed E-state index contributed by atoms with van der Waals surface area (Å²) in [4.78, 5) is 0. The minimum Gasteiger partial charge on any atom is -0.313 e. The lowest BCUT2D eigenvalue weighted by atomic mass is 9.65. The van der Waals surface area contributed by atoms with E-state index in [0.717, 1.165) is 11.5 Å². The van der Waals surface area contributed by atoms with Gasteiger partial charge in [0.05, 0.1) is 0 Å². The SMILES string of the molecule is CCCCCCCCCC1(CNC2CC2)CCC1. The van der Waals surface area contributed by atoms with Crippen LogP contribution in [0.15, 0.2) is 0 Å². The molecule has 1 heteroatoms. The maximum Gasteiger partial charge on any atom is 0.00684 e. The third-order valence-corrected chi connectivity index (χ3v) is 5.07. The molecule has 0 spiro atoms. The average Bonchev–Trinajstić information content (AvgIpc) is 3.14. The monoisotopic (exact) mass is 251 g/mol. The van der Waals surface area contributed by atoms with E-state index in [1.165, 1.54) is 90.0 Å². The van der Waals surface area contributed by atoms with Crippen LogP contribution in [0.3, 0.4) is 0 Å². The number of hydrogen-bond acceptors (Lipinski definition) is 1. The second-order valence-corrected chi connectivity index (χ2v) is 6.88. The zero-order valence-corrected chi connectivity index (χ0v) is 12.5. The van der Waals surface area contributed by atoms with Gasteiger partial charge in [0.25, 0.3) is 0 Å². The van der Waals surface area contributed by atoms with Gasteiger partial charge in [0.15, 0.2) is 0 Å². The first-order chi connectivity index (χ1) is 8.85. The Bertz CT molecular complexity index is 216. The van der Waals surface area contributed by atoms with E-state index in [2.05, 4.69) is 12.2 Å². The third kappa shape index (κ3) is 4.91. The molecule has 0 unspecified atom stereocenters. The molecule has 2 saturated carbocycles. The Hall–Kier alpha value is -0.0400. The zero-order chi connectivity index (χ0) is 12.7. The summed E-state index contributed by atoms with van der Waals surface area (Å²) in [7, 11) is 0. The summed E-state index contributed by atoms with van der Waals surface area (Å²) in [5.41, 5.74) is 0.728. The van der Waals surface area contributed by atoms with Crippen LogP contribution in [0.1, 0.15) is 90.4 Å². The van der Waals surface area contributed by atoms with Gasteiger partial charge in [-0.1, -0.05) is 58.3 Å². The van der Waals surface area contributed by atoms with Crippen LogP contribution in [-0.4, -0.2) is 12.6 Å². The second-order valence-electron chi connectivity index (χ2n) is 6.88. The first-order valence-corrected chi connectivity index (χ1v) is 8.58. The minimum atomic E-state index is 0.728. The molecule has 0 aromatic heterocycles. The predicted molar refractivity (Wildman–Crippen MR) is 79.9 cm³/mol. The molecule has 0 amide bonds. The molecule has 1 nitrogen and oxygen atoms in total. The molecule has 2 fully saturated rings. The van der Waals surface area contributed by atoms with Crippen molar-refractivity contribution in [2.75, 3.05) is 6.54 Å². The van der Waals surface area contributed by atoms with Gasteiger partial charge in [-0.25, -0.2) is 0 Å². The normalized spacial score (nSPS) is 21.8. The lowest BCUT2D eigenvalue weighted by Gasteiger charge is -2.42. The van der Waals surface area contributed by atoms with Crippen molar-refractivity contribution >= 4 is 0 Å². The van der Waals surface area contributed by atoms with Crippen molar-refractivity contribution in [1.82, 2.24) is 5.32 Å². The van der Waals surface area contributed by atoms with Crippen molar-refractivity contribution in [3.8, 4) is 0 Å². The summed E-state index contributed by atoms with van der Waals surface area (Å²) in [5.74, 6) is 0. The molecule has 1 N–H and O–H groups in total. The molecule has 0 heterocycles. The molecular weight excluding hydrogens is 218 g/mol. The van der Waals surface area contributed by atoms with E-state index in [1.54, 1.807) is 0 Å². The van der Waals surface area contributed by atoms with Gasteiger partial charge in [-0.15, -0.1) is 0 Å². The fraction of sp³-hybridized carbons (Fsp3) is 1.00. The largest absolute Gasteiger partial charge is 0.313 e. The predicted octanol–water partition coefficient (Wildman–Crippen LogP) is 5.05. The summed E-state index contributed by atoms with van der Waals surface area (Å²) < 4.78 is 0. The van der Waals surface area contributed by atoms with Crippen molar-refractivity contribution in [2.45, 2.75) is 96.4 Å². The number of unbranched alkanes of at least 4 members (excludes halogenated alkanes) is 6. The summed E-state index contributed by atoms with van der Waals surface area (Å²) >= 11 is 0. The van der Waals surface area contributed by atoms with E-state index in [-0.39, 0.29) is 0 Å². The molecule has 0 bridgehead atoms. The molecule has 106 valence electrons. The van der Waals surface area contributed by atoms with Gasteiger partial charge >= 0.3 is 0 Å². The lowest BCUT2D eigenvalue weighted by molar-refractivity contribution is 0.112. The van der Waals surface area contributed by atoms with E-state index < -0.39 is 0 Å². The van der Waals surface area contributed by atoms with Crippen molar-refractivity contribution in [3.63, 3.8) is 0 Å². The third-order valence-electron chi connectivity index (χ3n) is 5.07. The molecule has 0 aliphatic heterocycles. The Morgan fingerprint density at radius 2 is 1.61 bits per heavy atom. The fourth-order valence-corrected chi connectivity index (χ4v) is 3.30. The van der Waals surface area contributed by atoms with E-state index in [9.17, 15) is 0 Å². The van der Waals surface area contributed by atoms with Crippen LogP contribution in [0.2, 0.25) is 0 Å². The van der Waals surface area contributed by atoms with Crippen molar-refractivity contribution in [2.24, 2.45) is 5.41 Å². The number of nitrogens with one attached hydrogen (secondary N) is 1. The topological polar surface area (TPSA) is 12.0 Å². The fourth-order valence-electron chi connectivity index (χ4n) is 3.30. The molecular formula is C17H33N. The first-order valence-electron chi connectivity index (χ1n) is 8.58. The second kappa shape index (κ2) is 7.53. The molecule has 0 radical (unpaired) electrons. The van der Waals surface area contributed by atoms with E-state index in [0.29, 0.717) is 0 Å². The summed E-state index contributed by atoms with van der Waals surface area (Å²) in [6.07, 6.45) is 19.1. The standard InChI is InChI=1S/C17H33N/c1-2-3-4-5-6-7-8-12-17(13-9-14-17)15-18-16-10-11-16/h16,18H,2-15H2,1H3. The highest BCUT2D eigenvalue weighted by molar-refractivity contribution is 4.92. The van der Waals surface area contributed by atoms with Crippen molar-refractivity contribution in [3.05, 3.63) is 0 Å². The molecule has 0 aromatic rings. The first kappa shape index (κ1) is 14.4. The molecule has 0 aromatic carbocycles. The summed E-state index contributed by atoms with van der Waals surface area (Å²) in [6, 6.07) is 0.900. The summed E-state index contributed by atoms with van der Waals surface area (Å²) in [5, 5.41) is 3.77. The van der Waals surface area contributed by atoms with Gasteiger partial charge in [0.2, 0.25) is 0 Å². The number of rotatable bonds is 11. The van der Waals surface area contributed by atoms with Crippen LogP contribution in [0.4, 0.5) is 0 Å². The molecule has 0 atom stereocenters. The maximum atomic E-state index is 3.77. The van der Waals surface area contributed by atoms with Crippen LogP contribution >= 0.6 is 0 Å². The van der Waals surface area contributed by atoms with Crippen LogP contribution < -0.4 is 5.32 Å². The summed E-state index contributed by atoms with van der Waals surface area (Å²) in [6.45, 7) is 3.63. The average molecular weight is 251 g/mol. The van der Waals surface area contributed by atoms with Gasteiger partial charge in [0.1, 0.15) is 0 Å². The Balaban J connectivity index is 1.47. The van der Waals surface area contributed by atoms with Gasteiger partial charge in [-0.05, 0) is 37.5 Å². The number of hydrogen-bond donors (Lipinski definition) is 1. The van der Waals surface area contributed by atoms with Gasteiger partial charge in [-0.2, -0.15) is 0 Å². The highest BCUT2D eigenvalue weighted by atomic mass is 15.0. The van der Waals surface area contributed by atoms with E-state index in [4.69, 9.17) is 0 Å². The molecule has 2 aliphatic carbocycles. The zero-order valence-electron chi connectivity index (χ0n) is 12.5. The Morgan fingerprint density at radius 3 is 2.17 bits per heavy atom. The quantitative estimate of drug-likeness (QED) is 0.507. The van der Waals surface area contributed by atoms with Gasteiger partial charge < -0.3 is 5.32 Å².